The molecule has 3 nitrogen and oxygen atoms in total. The maximum absolute atomic E-state index is 4.03. The standard InChI is InChI=1S/C10H13N3.C2H6/c1-8-11-12-9(2)13(8)10-6-4-3-5-7-10;1-2/h4,6-7H,3,5H2,1-2H3;1-2H3. The summed E-state index contributed by atoms with van der Waals surface area (Å²) in [4.78, 5) is 0. The minimum Gasteiger partial charge on any atom is -0.284 e. The SMILES string of the molecule is CC.Cc1nnc(C)n1C1=CCCC=C1. The topological polar surface area (TPSA) is 30.7 Å². The van der Waals surface area contributed by atoms with E-state index in [2.05, 4.69) is 33.0 Å². The monoisotopic (exact) mass is 205 g/mol. The van der Waals surface area contributed by atoms with Gasteiger partial charge in [0.1, 0.15) is 11.6 Å². The smallest absolute Gasteiger partial charge is 0.134 e. The average Bonchev–Trinajstić information content (AvgIpc) is 2.63. The maximum atomic E-state index is 4.03. The van der Waals surface area contributed by atoms with Crippen molar-refractivity contribution in [2.45, 2.75) is 40.5 Å². The Morgan fingerprint density at radius 2 is 1.67 bits per heavy atom. The van der Waals surface area contributed by atoms with Crippen molar-refractivity contribution in [3.8, 4) is 0 Å². The summed E-state index contributed by atoms with van der Waals surface area (Å²) in [7, 11) is 0. The molecule has 1 aliphatic carbocycles. The molecule has 3 heteroatoms. The first-order valence-electron chi connectivity index (χ1n) is 5.55. The van der Waals surface area contributed by atoms with E-state index in [1.165, 1.54) is 5.70 Å². The van der Waals surface area contributed by atoms with E-state index < -0.39 is 0 Å². The first kappa shape index (κ1) is 11.7. The van der Waals surface area contributed by atoms with Crippen molar-refractivity contribution < 1.29 is 0 Å². The van der Waals surface area contributed by atoms with Gasteiger partial charge in [0.25, 0.3) is 0 Å². The lowest BCUT2D eigenvalue weighted by molar-refractivity contribution is 0.935. The van der Waals surface area contributed by atoms with Gasteiger partial charge >= 0.3 is 0 Å². The Kier molecular flexibility index (Phi) is 4.28. The molecule has 0 saturated heterocycles. The second-order valence-corrected chi connectivity index (χ2v) is 3.24. The lowest BCUT2D eigenvalue weighted by Gasteiger charge is -2.10. The van der Waals surface area contributed by atoms with Crippen LogP contribution >= 0.6 is 0 Å². The van der Waals surface area contributed by atoms with Crippen LogP contribution in [0.4, 0.5) is 0 Å². The highest BCUT2D eigenvalue weighted by Crippen LogP contribution is 2.17. The Hall–Kier alpha value is -1.38. The normalized spacial score (nSPS) is 14.3. The van der Waals surface area contributed by atoms with Gasteiger partial charge in [-0.1, -0.05) is 26.0 Å². The van der Waals surface area contributed by atoms with Crippen LogP contribution in [-0.2, 0) is 0 Å². The van der Waals surface area contributed by atoms with Crippen molar-refractivity contribution in [3.63, 3.8) is 0 Å². The summed E-state index contributed by atoms with van der Waals surface area (Å²) in [5, 5.41) is 8.06. The van der Waals surface area contributed by atoms with Crippen LogP contribution in [0.3, 0.4) is 0 Å². The fourth-order valence-electron chi connectivity index (χ4n) is 1.61. The van der Waals surface area contributed by atoms with E-state index in [1.54, 1.807) is 0 Å². The molecule has 0 spiro atoms. The number of nitrogens with zero attached hydrogens (tertiary/aromatic N) is 3. The van der Waals surface area contributed by atoms with Crippen LogP contribution < -0.4 is 0 Å². The second kappa shape index (κ2) is 5.49. The molecule has 1 aromatic heterocycles. The van der Waals surface area contributed by atoms with Gasteiger partial charge in [0.15, 0.2) is 0 Å². The third-order valence-electron chi connectivity index (χ3n) is 2.22. The Morgan fingerprint density at radius 1 is 1.07 bits per heavy atom. The summed E-state index contributed by atoms with van der Waals surface area (Å²) < 4.78 is 2.08. The number of hydrogen-bond acceptors (Lipinski definition) is 2. The van der Waals surface area contributed by atoms with E-state index in [-0.39, 0.29) is 0 Å². The predicted octanol–water partition coefficient (Wildman–Crippen LogP) is 3.11. The van der Waals surface area contributed by atoms with Crippen molar-refractivity contribution in [1.82, 2.24) is 14.8 Å². The highest BCUT2D eigenvalue weighted by molar-refractivity contribution is 5.59. The molecular weight excluding hydrogens is 186 g/mol. The molecule has 1 aliphatic rings. The molecule has 0 unspecified atom stereocenters. The fraction of sp³-hybridized carbons (Fsp3) is 0.500. The van der Waals surface area contributed by atoms with E-state index in [0.717, 1.165) is 24.5 Å². The third-order valence-corrected chi connectivity index (χ3v) is 2.22. The Labute approximate surface area is 91.5 Å². The van der Waals surface area contributed by atoms with Gasteiger partial charge in [-0.3, -0.25) is 4.57 Å². The maximum Gasteiger partial charge on any atom is 0.134 e. The van der Waals surface area contributed by atoms with Crippen LogP contribution in [0.5, 0.6) is 0 Å². The van der Waals surface area contributed by atoms with Gasteiger partial charge in [-0.15, -0.1) is 10.2 Å². The Bertz CT molecular complexity index is 353. The van der Waals surface area contributed by atoms with Crippen molar-refractivity contribution in [2.24, 2.45) is 0 Å². The summed E-state index contributed by atoms with van der Waals surface area (Å²) >= 11 is 0. The molecule has 2 rings (SSSR count). The average molecular weight is 205 g/mol. The summed E-state index contributed by atoms with van der Waals surface area (Å²) in [5.41, 5.74) is 1.20. The fourth-order valence-corrected chi connectivity index (χ4v) is 1.61. The highest BCUT2D eigenvalue weighted by Gasteiger charge is 2.07. The molecule has 0 fully saturated rings. The molecule has 0 saturated carbocycles. The van der Waals surface area contributed by atoms with E-state index >= 15 is 0 Å². The zero-order valence-electron chi connectivity index (χ0n) is 9.99. The number of allylic oxidation sites excluding steroid dienone is 4. The third kappa shape index (κ3) is 2.55. The molecule has 0 radical (unpaired) electrons. The number of aromatic nitrogens is 3. The van der Waals surface area contributed by atoms with E-state index in [4.69, 9.17) is 0 Å². The molecule has 82 valence electrons. The molecule has 15 heavy (non-hydrogen) atoms. The van der Waals surface area contributed by atoms with Crippen LogP contribution in [0.15, 0.2) is 18.2 Å². The molecule has 1 aromatic rings. The van der Waals surface area contributed by atoms with Gasteiger partial charge in [-0.2, -0.15) is 0 Å². The van der Waals surface area contributed by atoms with Crippen LogP contribution in [0.2, 0.25) is 0 Å². The number of hydrogen-bond donors (Lipinski definition) is 0. The summed E-state index contributed by atoms with van der Waals surface area (Å²) in [5.74, 6) is 1.91. The highest BCUT2D eigenvalue weighted by atomic mass is 15.3. The van der Waals surface area contributed by atoms with Gasteiger partial charge in [-0.25, -0.2) is 0 Å². The zero-order valence-corrected chi connectivity index (χ0v) is 9.99. The Morgan fingerprint density at radius 3 is 2.13 bits per heavy atom. The van der Waals surface area contributed by atoms with E-state index in [9.17, 15) is 0 Å². The summed E-state index contributed by atoms with van der Waals surface area (Å²) in [6.45, 7) is 7.95. The van der Waals surface area contributed by atoms with Crippen molar-refractivity contribution in [1.29, 1.82) is 0 Å². The van der Waals surface area contributed by atoms with Gasteiger partial charge in [0, 0.05) is 5.70 Å². The van der Waals surface area contributed by atoms with Crippen LogP contribution in [-0.4, -0.2) is 14.8 Å². The first-order valence-corrected chi connectivity index (χ1v) is 5.55. The Balaban J connectivity index is 0.000000531. The van der Waals surface area contributed by atoms with Gasteiger partial charge in [0.05, 0.1) is 0 Å². The number of aryl methyl sites for hydroxylation is 2. The van der Waals surface area contributed by atoms with Crippen LogP contribution in [0, 0.1) is 13.8 Å². The quantitative estimate of drug-likeness (QED) is 0.705. The molecule has 1 heterocycles. The van der Waals surface area contributed by atoms with Gasteiger partial charge in [0.2, 0.25) is 0 Å². The molecule has 0 bridgehead atoms. The summed E-state index contributed by atoms with van der Waals surface area (Å²) in [6.07, 6.45) is 8.80. The molecule has 0 N–H and O–H groups in total. The molecule has 0 aromatic carbocycles. The first-order chi connectivity index (χ1) is 7.29. The second-order valence-electron chi connectivity index (χ2n) is 3.24. The van der Waals surface area contributed by atoms with Crippen molar-refractivity contribution >= 4 is 5.70 Å². The molecular formula is C12H19N3. The minimum absolute atomic E-state index is 0.954. The van der Waals surface area contributed by atoms with Crippen LogP contribution in [0.25, 0.3) is 5.70 Å². The van der Waals surface area contributed by atoms with E-state index in [0.29, 0.717) is 0 Å². The predicted molar refractivity (Wildman–Crippen MR) is 63.5 cm³/mol. The molecule has 0 aliphatic heterocycles. The lowest BCUT2D eigenvalue weighted by Crippen LogP contribution is -2.01. The number of rotatable bonds is 1. The van der Waals surface area contributed by atoms with E-state index in [1.807, 2.05) is 27.7 Å². The van der Waals surface area contributed by atoms with Crippen molar-refractivity contribution in [3.05, 3.63) is 29.9 Å². The van der Waals surface area contributed by atoms with Crippen LogP contribution in [0.1, 0.15) is 38.3 Å². The summed E-state index contributed by atoms with van der Waals surface area (Å²) in [6, 6.07) is 0. The molecule has 0 atom stereocenters. The van der Waals surface area contributed by atoms with Crippen molar-refractivity contribution in [2.75, 3.05) is 0 Å². The minimum atomic E-state index is 0.954. The largest absolute Gasteiger partial charge is 0.284 e. The molecule has 0 amide bonds. The van der Waals surface area contributed by atoms with Gasteiger partial charge in [-0.05, 0) is 32.8 Å². The zero-order chi connectivity index (χ0) is 11.3. The lowest BCUT2D eigenvalue weighted by atomic mass is 10.1. The van der Waals surface area contributed by atoms with Gasteiger partial charge < -0.3 is 0 Å².